The molecule has 0 aliphatic carbocycles. The highest BCUT2D eigenvalue weighted by Gasteiger charge is 2.33. The molecule has 3 aromatic rings. The topological polar surface area (TPSA) is 43.6 Å². The van der Waals surface area contributed by atoms with Gasteiger partial charge in [-0.05, 0) is 18.2 Å². The van der Waals surface area contributed by atoms with Crippen LogP contribution in [0.4, 0.5) is 22.0 Å². The highest BCUT2D eigenvalue weighted by molar-refractivity contribution is 5.79. The van der Waals surface area contributed by atoms with Gasteiger partial charge in [-0.15, -0.1) is 0 Å². The maximum Gasteiger partial charge on any atom is 0.433 e. The largest absolute Gasteiger partial charge is 0.433 e. The predicted octanol–water partition coefficient (Wildman–Crippen LogP) is 3.33. The van der Waals surface area contributed by atoms with E-state index in [1.165, 1.54) is 11.6 Å². The van der Waals surface area contributed by atoms with Gasteiger partial charge in [0, 0.05) is 7.05 Å². The summed E-state index contributed by atoms with van der Waals surface area (Å²) in [5.41, 5.74) is -1.29. The van der Waals surface area contributed by atoms with Gasteiger partial charge in [0.25, 0.3) is 0 Å². The zero-order valence-corrected chi connectivity index (χ0v) is 11.0. The van der Waals surface area contributed by atoms with Gasteiger partial charge in [0.05, 0.1) is 17.2 Å². The minimum absolute atomic E-state index is 0.0368. The fourth-order valence-electron chi connectivity index (χ4n) is 2.03. The molecule has 0 aliphatic rings. The Morgan fingerprint density at radius 1 is 1.09 bits per heavy atom. The number of halogens is 5. The molecule has 3 aromatic heterocycles. The Labute approximate surface area is 120 Å². The Hall–Kier alpha value is -2.58. The average Bonchev–Trinajstić information content (AvgIpc) is 2.77. The molecule has 114 valence electrons. The molecule has 0 fully saturated rings. The van der Waals surface area contributed by atoms with E-state index in [1.54, 1.807) is 0 Å². The van der Waals surface area contributed by atoms with Crippen molar-refractivity contribution in [3.05, 3.63) is 41.9 Å². The van der Waals surface area contributed by atoms with E-state index in [9.17, 15) is 22.0 Å². The van der Waals surface area contributed by atoms with Crippen LogP contribution in [0.2, 0.25) is 0 Å². The lowest BCUT2D eigenvalue weighted by molar-refractivity contribution is -0.141. The number of aromatic nitrogens is 4. The first-order valence-electron chi connectivity index (χ1n) is 5.99. The number of rotatable bonds is 1. The van der Waals surface area contributed by atoms with Crippen molar-refractivity contribution in [3.63, 3.8) is 0 Å². The second-order valence-electron chi connectivity index (χ2n) is 4.51. The number of fused-ring (bicyclic) bond motifs is 1. The maximum atomic E-state index is 13.8. The number of pyridine rings is 2. The fourth-order valence-corrected chi connectivity index (χ4v) is 2.03. The van der Waals surface area contributed by atoms with Gasteiger partial charge in [-0.3, -0.25) is 0 Å². The summed E-state index contributed by atoms with van der Waals surface area (Å²) in [5, 5.41) is 0. The van der Waals surface area contributed by atoms with Gasteiger partial charge < -0.3 is 4.57 Å². The summed E-state index contributed by atoms with van der Waals surface area (Å²) in [6.07, 6.45) is -3.64. The summed E-state index contributed by atoms with van der Waals surface area (Å²) in [4.78, 5) is 10.6. The molecule has 0 saturated carbocycles. The van der Waals surface area contributed by atoms with Crippen LogP contribution < -0.4 is 0 Å². The van der Waals surface area contributed by atoms with Crippen molar-refractivity contribution >= 4 is 11.0 Å². The molecule has 0 radical (unpaired) electrons. The zero-order valence-electron chi connectivity index (χ0n) is 11.0. The molecule has 9 heteroatoms. The Morgan fingerprint density at radius 3 is 2.50 bits per heavy atom. The second kappa shape index (κ2) is 4.72. The van der Waals surface area contributed by atoms with Crippen molar-refractivity contribution in [1.82, 2.24) is 19.5 Å². The fraction of sp³-hybridized carbons (Fsp3) is 0.154. The van der Waals surface area contributed by atoms with Crippen LogP contribution in [0.15, 0.2) is 24.4 Å². The first kappa shape index (κ1) is 14.4. The average molecular weight is 314 g/mol. The van der Waals surface area contributed by atoms with Crippen molar-refractivity contribution < 1.29 is 22.0 Å². The summed E-state index contributed by atoms with van der Waals surface area (Å²) >= 11 is 0. The van der Waals surface area contributed by atoms with Gasteiger partial charge in [0.2, 0.25) is 5.95 Å². The normalized spacial score (nSPS) is 12.1. The molecule has 4 nitrogen and oxygen atoms in total. The van der Waals surface area contributed by atoms with E-state index in [2.05, 4.69) is 15.0 Å². The van der Waals surface area contributed by atoms with Crippen LogP contribution in [0.5, 0.6) is 0 Å². The molecule has 0 atom stereocenters. The lowest BCUT2D eigenvalue weighted by Crippen LogP contribution is -2.07. The van der Waals surface area contributed by atoms with Gasteiger partial charge in [-0.1, -0.05) is 0 Å². The third kappa shape index (κ3) is 2.28. The number of hydrogen-bond acceptors (Lipinski definition) is 3. The van der Waals surface area contributed by atoms with Crippen LogP contribution >= 0.6 is 0 Å². The molecule has 0 aliphatic heterocycles. The number of aryl methyl sites for hydroxylation is 1. The van der Waals surface area contributed by atoms with Crippen LogP contribution in [0.3, 0.4) is 0 Å². The summed E-state index contributed by atoms with van der Waals surface area (Å²) in [6.45, 7) is 0. The Balaban J connectivity index is 2.24. The third-order valence-electron chi connectivity index (χ3n) is 3.08. The standard InChI is InChI=1S/C13H7F5N4/c1-22-8-5-19-9(13(16,17)18)4-7(8)20-12(22)11-6(14)2-3-10(15)21-11/h2-5H,1H3. The molecule has 0 spiro atoms. The molecular weight excluding hydrogens is 307 g/mol. The van der Waals surface area contributed by atoms with Crippen LogP contribution in [0.25, 0.3) is 22.6 Å². The number of imidazole rings is 1. The Bertz CT molecular complexity index is 869. The van der Waals surface area contributed by atoms with Gasteiger partial charge in [-0.2, -0.15) is 17.6 Å². The van der Waals surface area contributed by atoms with E-state index < -0.39 is 23.6 Å². The molecule has 0 amide bonds. The molecule has 0 N–H and O–H groups in total. The zero-order chi connectivity index (χ0) is 16.1. The Kier molecular flexibility index (Phi) is 3.08. The van der Waals surface area contributed by atoms with E-state index >= 15 is 0 Å². The smallest absolute Gasteiger partial charge is 0.324 e. The second-order valence-corrected chi connectivity index (χ2v) is 4.51. The van der Waals surface area contributed by atoms with Gasteiger partial charge in [-0.25, -0.2) is 19.3 Å². The van der Waals surface area contributed by atoms with Crippen molar-refractivity contribution in [1.29, 1.82) is 0 Å². The predicted molar refractivity (Wildman–Crippen MR) is 66.7 cm³/mol. The maximum absolute atomic E-state index is 13.8. The molecule has 3 rings (SSSR count). The SMILES string of the molecule is Cn1c(-c2nc(F)ccc2F)nc2cc(C(F)(F)F)ncc21. The quantitative estimate of drug-likeness (QED) is 0.511. The van der Waals surface area contributed by atoms with Crippen molar-refractivity contribution in [2.45, 2.75) is 6.18 Å². The van der Waals surface area contributed by atoms with Crippen molar-refractivity contribution in [3.8, 4) is 11.5 Å². The molecule has 0 aromatic carbocycles. The minimum Gasteiger partial charge on any atom is -0.324 e. The van der Waals surface area contributed by atoms with Gasteiger partial charge in [0.15, 0.2) is 11.6 Å². The molecule has 0 saturated heterocycles. The number of hydrogen-bond donors (Lipinski definition) is 0. The Morgan fingerprint density at radius 2 is 1.82 bits per heavy atom. The number of nitrogens with zero attached hydrogens (tertiary/aromatic N) is 4. The summed E-state index contributed by atoms with van der Waals surface area (Å²) in [7, 11) is 1.45. The highest BCUT2D eigenvalue weighted by atomic mass is 19.4. The first-order chi connectivity index (χ1) is 10.3. The third-order valence-corrected chi connectivity index (χ3v) is 3.08. The van der Waals surface area contributed by atoms with Crippen LogP contribution in [-0.2, 0) is 13.2 Å². The van der Waals surface area contributed by atoms with E-state index in [4.69, 9.17) is 0 Å². The van der Waals surface area contributed by atoms with E-state index in [0.717, 1.165) is 24.4 Å². The molecule has 3 heterocycles. The van der Waals surface area contributed by atoms with Gasteiger partial charge >= 0.3 is 6.18 Å². The summed E-state index contributed by atoms with van der Waals surface area (Å²) < 4.78 is 66.1. The van der Waals surface area contributed by atoms with Crippen LogP contribution in [-0.4, -0.2) is 19.5 Å². The first-order valence-corrected chi connectivity index (χ1v) is 5.99. The van der Waals surface area contributed by atoms with Crippen LogP contribution in [0.1, 0.15) is 5.69 Å². The van der Waals surface area contributed by atoms with Gasteiger partial charge in [0.1, 0.15) is 11.4 Å². The van der Waals surface area contributed by atoms with Crippen LogP contribution in [0, 0.1) is 11.8 Å². The molecule has 22 heavy (non-hydrogen) atoms. The molecule has 0 bridgehead atoms. The van der Waals surface area contributed by atoms with E-state index in [0.29, 0.717) is 0 Å². The van der Waals surface area contributed by atoms with Crippen molar-refractivity contribution in [2.75, 3.05) is 0 Å². The highest BCUT2D eigenvalue weighted by Crippen LogP contribution is 2.31. The minimum atomic E-state index is -4.62. The summed E-state index contributed by atoms with van der Waals surface area (Å²) in [5.74, 6) is -1.84. The lowest BCUT2D eigenvalue weighted by atomic mass is 10.3. The van der Waals surface area contributed by atoms with E-state index in [1.807, 2.05) is 0 Å². The monoisotopic (exact) mass is 314 g/mol. The number of alkyl halides is 3. The summed E-state index contributed by atoms with van der Waals surface area (Å²) in [6, 6.07) is 2.46. The van der Waals surface area contributed by atoms with Crippen molar-refractivity contribution in [2.24, 2.45) is 7.05 Å². The van der Waals surface area contributed by atoms with E-state index in [-0.39, 0.29) is 22.6 Å². The lowest BCUT2D eigenvalue weighted by Gasteiger charge is -2.05. The molecule has 0 unspecified atom stereocenters. The molecular formula is C13H7F5N4.